The number of rotatable bonds is 2. The van der Waals surface area contributed by atoms with E-state index in [2.05, 4.69) is 9.97 Å². The molecule has 0 aliphatic carbocycles. The van der Waals surface area contributed by atoms with Crippen molar-refractivity contribution in [3.05, 3.63) is 17.2 Å². The van der Waals surface area contributed by atoms with Gasteiger partial charge in [-0.2, -0.15) is 0 Å². The first-order valence-electron chi connectivity index (χ1n) is 3.52. The lowest BCUT2D eigenvalue weighted by atomic mass is 9.83. The van der Waals surface area contributed by atoms with E-state index in [-0.39, 0.29) is 10.6 Å². The third kappa shape index (κ3) is 1.94. The summed E-state index contributed by atoms with van der Waals surface area (Å²) < 4.78 is 0. The summed E-state index contributed by atoms with van der Waals surface area (Å²) in [6.45, 7) is 1.89. The van der Waals surface area contributed by atoms with Crippen LogP contribution in [0.15, 0.2) is 6.20 Å². The van der Waals surface area contributed by atoms with Gasteiger partial charge in [0, 0.05) is 18.1 Å². The minimum Gasteiger partial charge on any atom is -0.423 e. The van der Waals surface area contributed by atoms with Crippen molar-refractivity contribution in [2.24, 2.45) is 0 Å². The Morgan fingerprint density at radius 3 is 2.67 bits per heavy atom. The van der Waals surface area contributed by atoms with Crippen molar-refractivity contribution in [3.8, 4) is 0 Å². The molecule has 1 rings (SSSR count). The molecule has 0 aliphatic rings. The molecule has 0 radical (unpaired) electrons. The molecule has 0 saturated heterocycles. The van der Waals surface area contributed by atoms with Crippen molar-refractivity contribution in [2.75, 3.05) is 0 Å². The quantitative estimate of drug-likeness (QED) is 0.477. The predicted molar refractivity (Wildman–Crippen MR) is 46.2 cm³/mol. The highest BCUT2D eigenvalue weighted by Crippen LogP contribution is 2.01. The topological polar surface area (TPSA) is 66.2 Å². The van der Waals surface area contributed by atoms with Gasteiger partial charge < -0.3 is 10.0 Å². The highest BCUT2D eigenvalue weighted by molar-refractivity contribution is 6.62. The Morgan fingerprint density at radius 2 is 2.25 bits per heavy atom. The maximum atomic E-state index is 8.76. The van der Waals surface area contributed by atoms with Crippen molar-refractivity contribution in [1.29, 1.82) is 0 Å². The second-order valence-corrected chi connectivity index (χ2v) is 2.62. The van der Waals surface area contributed by atoms with Crippen molar-refractivity contribution in [3.63, 3.8) is 0 Å². The summed E-state index contributed by atoms with van der Waals surface area (Å²) in [5, 5.41) is 17.6. The van der Waals surface area contributed by atoms with E-state index in [0.717, 1.165) is 0 Å². The zero-order chi connectivity index (χ0) is 9.14. The Morgan fingerprint density at radius 1 is 1.58 bits per heavy atom. The highest BCUT2D eigenvalue weighted by Gasteiger charge is 2.16. The van der Waals surface area contributed by atoms with Gasteiger partial charge in [-0.05, 0) is 0 Å². The fourth-order valence-electron chi connectivity index (χ4n) is 0.748. The standard InChI is InChI=1S/C6H8BClN2O2/c1-2-5-9-3-4(7(11)12)6(8)10-5/h3,11-12H,2H2,1H3. The molecule has 1 heterocycles. The lowest BCUT2D eigenvalue weighted by molar-refractivity contribution is 0.425. The molecule has 0 aromatic carbocycles. The average Bonchev–Trinajstić information content (AvgIpc) is 2.03. The van der Waals surface area contributed by atoms with E-state index in [1.165, 1.54) is 6.20 Å². The first-order valence-corrected chi connectivity index (χ1v) is 3.90. The van der Waals surface area contributed by atoms with E-state index in [1.807, 2.05) is 6.92 Å². The van der Waals surface area contributed by atoms with E-state index in [0.29, 0.717) is 12.2 Å². The lowest BCUT2D eigenvalue weighted by Crippen LogP contribution is -2.32. The van der Waals surface area contributed by atoms with Gasteiger partial charge in [-0.1, -0.05) is 18.5 Å². The minimum absolute atomic E-state index is 0.0943. The van der Waals surface area contributed by atoms with Crippen molar-refractivity contribution >= 4 is 24.2 Å². The first-order chi connectivity index (χ1) is 5.65. The molecule has 0 spiro atoms. The number of nitrogens with zero attached hydrogens (tertiary/aromatic N) is 2. The van der Waals surface area contributed by atoms with Gasteiger partial charge in [0.05, 0.1) is 0 Å². The SMILES string of the molecule is CCc1ncc(B(O)O)c(Cl)n1. The van der Waals surface area contributed by atoms with Crippen LogP contribution >= 0.6 is 11.6 Å². The van der Waals surface area contributed by atoms with Gasteiger partial charge in [-0.3, -0.25) is 0 Å². The number of hydrogen-bond acceptors (Lipinski definition) is 4. The predicted octanol–water partition coefficient (Wildman–Crippen LogP) is -0.628. The van der Waals surface area contributed by atoms with Crippen molar-refractivity contribution in [1.82, 2.24) is 9.97 Å². The summed E-state index contributed by atoms with van der Waals surface area (Å²) in [7, 11) is -1.61. The Bertz CT molecular complexity index is 282. The van der Waals surface area contributed by atoms with Crippen LogP contribution in [0.1, 0.15) is 12.7 Å². The van der Waals surface area contributed by atoms with E-state index >= 15 is 0 Å². The summed E-state index contributed by atoms with van der Waals surface area (Å²) in [4.78, 5) is 7.71. The van der Waals surface area contributed by atoms with Gasteiger partial charge in [0.2, 0.25) is 0 Å². The van der Waals surface area contributed by atoms with Crippen LogP contribution in [0.2, 0.25) is 5.15 Å². The smallest absolute Gasteiger partial charge is 0.423 e. The van der Waals surface area contributed by atoms with Crippen LogP contribution in [0.3, 0.4) is 0 Å². The van der Waals surface area contributed by atoms with Crippen LogP contribution in [-0.2, 0) is 6.42 Å². The number of aryl methyl sites for hydroxylation is 1. The van der Waals surface area contributed by atoms with Crippen LogP contribution in [0.25, 0.3) is 0 Å². The van der Waals surface area contributed by atoms with Gasteiger partial charge >= 0.3 is 7.12 Å². The third-order valence-corrected chi connectivity index (χ3v) is 1.72. The first kappa shape index (κ1) is 9.44. The Balaban J connectivity index is 3.03. The largest absolute Gasteiger partial charge is 0.493 e. The molecule has 1 aromatic heterocycles. The Labute approximate surface area is 75.4 Å². The lowest BCUT2D eigenvalue weighted by Gasteiger charge is -2.01. The van der Waals surface area contributed by atoms with Crippen molar-refractivity contribution in [2.45, 2.75) is 13.3 Å². The second-order valence-electron chi connectivity index (χ2n) is 2.26. The number of aromatic nitrogens is 2. The maximum Gasteiger partial charge on any atom is 0.493 e. The number of halogens is 1. The Kier molecular flexibility index (Phi) is 3.02. The second kappa shape index (κ2) is 3.84. The monoisotopic (exact) mass is 186 g/mol. The molecule has 64 valence electrons. The maximum absolute atomic E-state index is 8.76. The molecular weight excluding hydrogens is 178 g/mol. The van der Waals surface area contributed by atoms with Crippen LogP contribution in [0.4, 0.5) is 0 Å². The molecule has 0 atom stereocenters. The van der Waals surface area contributed by atoms with Gasteiger partial charge in [-0.25, -0.2) is 9.97 Å². The molecule has 0 aliphatic heterocycles. The van der Waals surface area contributed by atoms with Gasteiger partial charge in [0.15, 0.2) is 0 Å². The molecule has 0 fully saturated rings. The van der Waals surface area contributed by atoms with Crippen LogP contribution in [0, 0.1) is 0 Å². The average molecular weight is 186 g/mol. The molecule has 0 bridgehead atoms. The van der Waals surface area contributed by atoms with E-state index in [1.54, 1.807) is 0 Å². The summed E-state index contributed by atoms with van der Waals surface area (Å²) in [5.74, 6) is 0.587. The molecule has 0 amide bonds. The number of hydrogen-bond donors (Lipinski definition) is 2. The van der Waals surface area contributed by atoms with Crippen LogP contribution < -0.4 is 5.46 Å². The molecule has 12 heavy (non-hydrogen) atoms. The fourth-order valence-corrected chi connectivity index (χ4v) is 0.992. The van der Waals surface area contributed by atoms with Crippen molar-refractivity contribution < 1.29 is 10.0 Å². The van der Waals surface area contributed by atoms with Crippen LogP contribution in [0.5, 0.6) is 0 Å². The summed E-state index contributed by atoms with van der Waals surface area (Å²) in [5.41, 5.74) is 0.133. The summed E-state index contributed by atoms with van der Waals surface area (Å²) in [6, 6.07) is 0. The van der Waals surface area contributed by atoms with Crippen LogP contribution in [-0.4, -0.2) is 27.1 Å². The molecule has 0 saturated carbocycles. The third-order valence-electron chi connectivity index (χ3n) is 1.41. The molecule has 0 unspecified atom stereocenters. The Hall–Kier alpha value is -0.645. The zero-order valence-electron chi connectivity index (χ0n) is 6.53. The summed E-state index contributed by atoms with van der Waals surface area (Å²) >= 11 is 5.63. The minimum atomic E-state index is -1.61. The molecule has 2 N–H and O–H groups in total. The zero-order valence-corrected chi connectivity index (χ0v) is 7.28. The molecule has 4 nitrogen and oxygen atoms in total. The van der Waals surface area contributed by atoms with Gasteiger partial charge in [0.1, 0.15) is 11.0 Å². The molecule has 1 aromatic rings. The summed E-state index contributed by atoms with van der Waals surface area (Å²) in [6.07, 6.45) is 1.99. The molecular formula is C6H8BClN2O2. The molecule has 6 heteroatoms. The van der Waals surface area contributed by atoms with E-state index in [9.17, 15) is 0 Å². The highest BCUT2D eigenvalue weighted by atomic mass is 35.5. The van der Waals surface area contributed by atoms with E-state index in [4.69, 9.17) is 21.6 Å². The van der Waals surface area contributed by atoms with Gasteiger partial charge in [-0.15, -0.1) is 0 Å². The normalized spacial score (nSPS) is 10.0. The fraction of sp³-hybridized carbons (Fsp3) is 0.333. The van der Waals surface area contributed by atoms with E-state index < -0.39 is 7.12 Å². The van der Waals surface area contributed by atoms with Gasteiger partial charge in [0.25, 0.3) is 0 Å².